The van der Waals surface area contributed by atoms with Crippen LogP contribution in [0.4, 0.5) is 0 Å². The Bertz CT molecular complexity index is 1050. The standard InChI is InChI=1S/C19H13BrN4O2/c1-24-18(13-5-3-2-4-6-13)22-23-19(24)14(10-21)7-12-8-15(20)17-16(9-12)25-11-26-17/h2-9H,11H2,1H3/b14-7-. The molecule has 1 aliphatic rings. The molecule has 0 amide bonds. The SMILES string of the molecule is Cn1c(/C(C#N)=C\c2cc(Br)c3c(c2)OCO3)nnc1-c1ccccc1. The van der Waals surface area contributed by atoms with Crippen LogP contribution in [0.3, 0.4) is 0 Å². The molecule has 0 atom stereocenters. The largest absolute Gasteiger partial charge is 0.454 e. The predicted molar refractivity (Wildman–Crippen MR) is 100 cm³/mol. The summed E-state index contributed by atoms with van der Waals surface area (Å²) in [6, 6.07) is 15.7. The van der Waals surface area contributed by atoms with Gasteiger partial charge in [-0.3, -0.25) is 0 Å². The van der Waals surface area contributed by atoms with Crippen LogP contribution in [0.25, 0.3) is 23.0 Å². The Labute approximate surface area is 158 Å². The van der Waals surface area contributed by atoms with Gasteiger partial charge in [-0.25, -0.2) is 0 Å². The minimum Gasteiger partial charge on any atom is -0.454 e. The molecule has 128 valence electrons. The fourth-order valence-electron chi connectivity index (χ4n) is 2.79. The van der Waals surface area contributed by atoms with Crippen molar-refractivity contribution in [3.8, 4) is 29.0 Å². The van der Waals surface area contributed by atoms with E-state index in [4.69, 9.17) is 9.47 Å². The van der Waals surface area contributed by atoms with Crippen LogP contribution in [0, 0.1) is 11.3 Å². The van der Waals surface area contributed by atoms with Crippen molar-refractivity contribution in [2.45, 2.75) is 0 Å². The maximum Gasteiger partial charge on any atom is 0.231 e. The third-order valence-electron chi connectivity index (χ3n) is 4.03. The molecule has 0 bridgehead atoms. The van der Waals surface area contributed by atoms with Crippen molar-refractivity contribution in [1.82, 2.24) is 14.8 Å². The van der Waals surface area contributed by atoms with E-state index in [-0.39, 0.29) is 6.79 Å². The first-order valence-corrected chi connectivity index (χ1v) is 8.63. The molecule has 6 nitrogen and oxygen atoms in total. The van der Waals surface area contributed by atoms with E-state index in [0.29, 0.717) is 28.7 Å². The Morgan fingerprint density at radius 1 is 1.23 bits per heavy atom. The van der Waals surface area contributed by atoms with Crippen molar-refractivity contribution < 1.29 is 9.47 Å². The maximum atomic E-state index is 9.64. The van der Waals surface area contributed by atoms with Gasteiger partial charge in [0.2, 0.25) is 6.79 Å². The van der Waals surface area contributed by atoms with Gasteiger partial charge in [0, 0.05) is 12.6 Å². The molecule has 7 heteroatoms. The average Bonchev–Trinajstić information content (AvgIpc) is 3.27. The molecule has 0 unspecified atom stereocenters. The van der Waals surface area contributed by atoms with Gasteiger partial charge in [0.05, 0.1) is 10.0 Å². The van der Waals surface area contributed by atoms with Crippen molar-refractivity contribution in [3.63, 3.8) is 0 Å². The van der Waals surface area contributed by atoms with Crippen molar-refractivity contribution in [1.29, 1.82) is 5.26 Å². The molecule has 0 spiro atoms. The number of rotatable bonds is 3. The minimum absolute atomic E-state index is 0.190. The molecule has 0 fully saturated rings. The topological polar surface area (TPSA) is 73.0 Å². The van der Waals surface area contributed by atoms with Crippen LogP contribution in [0.2, 0.25) is 0 Å². The van der Waals surface area contributed by atoms with E-state index in [9.17, 15) is 5.26 Å². The van der Waals surface area contributed by atoms with Gasteiger partial charge >= 0.3 is 0 Å². The average molecular weight is 409 g/mol. The van der Waals surface area contributed by atoms with Gasteiger partial charge in [-0.2, -0.15) is 5.26 Å². The number of fused-ring (bicyclic) bond motifs is 1. The van der Waals surface area contributed by atoms with Crippen LogP contribution >= 0.6 is 15.9 Å². The van der Waals surface area contributed by atoms with Crippen LogP contribution < -0.4 is 9.47 Å². The van der Waals surface area contributed by atoms with E-state index in [0.717, 1.165) is 15.6 Å². The molecule has 1 aliphatic heterocycles. The molecule has 0 N–H and O–H groups in total. The molecule has 0 saturated carbocycles. The minimum atomic E-state index is 0.190. The lowest BCUT2D eigenvalue weighted by atomic mass is 10.1. The molecule has 26 heavy (non-hydrogen) atoms. The summed E-state index contributed by atoms with van der Waals surface area (Å²) in [7, 11) is 1.85. The van der Waals surface area contributed by atoms with Gasteiger partial charge in [0.25, 0.3) is 0 Å². The van der Waals surface area contributed by atoms with Crippen molar-refractivity contribution in [3.05, 3.63) is 58.3 Å². The first-order valence-electron chi connectivity index (χ1n) is 7.83. The number of benzene rings is 2. The quantitative estimate of drug-likeness (QED) is 0.611. The number of allylic oxidation sites excluding steroid dienone is 1. The number of nitriles is 1. The highest BCUT2D eigenvalue weighted by Crippen LogP contribution is 2.40. The molecule has 0 radical (unpaired) electrons. The number of ether oxygens (including phenoxy) is 2. The predicted octanol–water partition coefficient (Wildman–Crippen LogP) is 4.04. The molecule has 3 aromatic rings. The van der Waals surface area contributed by atoms with E-state index in [2.05, 4.69) is 32.2 Å². The van der Waals surface area contributed by atoms with E-state index in [1.54, 1.807) is 6.08 Å². The highest BCUT2D eigenvalue weighted by molar-refractivity contribution is 9.10. The van der Waals surface area contributed by atoms with Crippen LogP contribution in [0.15, 0.2) is 46.9 Å². The van der Waals surface area contributed by atoms with E-state index < -0.39 is 0 Å². The summed E-state index contributed by atoms with van der Waals surface area (Å²) in [5.74, 6) is 2.52. The summed E-state index contributed by atoms with van der Waals surface area (Å²) >= 11 is 3.47. The van der Waals surface area contributed by atoms with Crippen LogP contribution in [-0.4, -0.2) is 21.6 Å². The summed E-state index contributed by atoms with van der Waals surface area (Å²) in [6.07, 6.45) is 1.76. The van der Waals surface area contributed by atoms with Gasteiger partial charge in [-0.15, -0.1) is 10.2 Å². The van der Waals surface area contributed by atoms with Gasteiger partial charge in [0.1, 0.15) is 6.07 Å². The smallest absolute Gasteiger partial charge is 0.231 e. The number of halogens is 1. The number of aromatic nitrogens is 3. The molecular weight excluding hydrogens is 396 g/mol. The monoisotopic (exact) mass is 408 g/mol. The van der Waals surface area contributed by atoms with E-state index in [1.165, 1.54) is 0 Å². The maximum absolute atomic E-state index is 9.64. The molecule has 0 aliphatic carbocycles. The molecular formula is C19H13BrN4O2. The number of hydrogen-bond donors (Lipinski definition) is 0. The summed E-state index contributed by atoms with van der Waals surface area (Å²) in [4.78, 5) is 0. The first-order chi connectivity index (χ1) is 12.7. The number of nitrogens with zero attached hydrogens (tertiary/aromatic N) is 4. The molecule has 1 aromatic heterocycles. The zero-order valence-corrected chi connectivity index (χ0v) is 15.4. The molecule has 2 aromatic carbocycles. The summed E-state index contributed by atoms with van der Waals surface area (Å²) < 4.78 is 13.4. The highest BCUT2D eigenvalue weighted by atomic mass is 79.9. The lowest BCUT2D eigenvalue weighted by molar-refractivity contribution is 0.173. The van der Waals surface area contributed by atoms with Crippen LogP contribution in [0.5, 0.6) is 11.5 Å². The number of hydrogen-bond acceptors (Lipinski definition) is 5. The van der Waals surface area contributed by atoms with Crippen molar-refractivity contribution in [2.24, 2.45) is 7.05 Å². The Hall–Kier alpha value is -3.11. The van der Waals surface area contributed by atoms with E-state index >= 15 is 0 Å². The Morgan fingerprint density at radius 3 is 2.81 bits per heavy atom. The lowest BCUT2D eigenvalue weighted by Gasteiger charge is -2.04. The zero-order chi connectivity index (χ0) is 18.1. The Kier molecular flexibility index (Phi) is 4.19. The second kappa shape index (κ2) is 6.65. The molecule has 2 heterocycles. The van der Waals surface area contributed by atoms with Crippen molar-refractivity contribution >= 4 is 27.6 Å². The normalized spacial score (nSPS) is 12.9. The van der Waals surface area contributed by atoms with Gasteiger partial charge in [0.15, 0.2) is 23.1 Å². The van der Waals surface area contributed by atoms with Gasteiger partial charge < -0.3 is 14.0 Å². The third kappa shape index (κ3) is 2.85. The van der Waals surface area contributed by atoms with Crippen LogP contribution in [0.1, 0.15) is 11.4 Å². The van der Waals surface area contributed by atoms with Gasteiger partial charge in [-0.1, -0.05) is 30.3 Å². The third-order valence-corrected chi connectivity index (χ3v) is 4.62. The summed E-state index contributed by atoms with van der Waals surface area (Å²) in [5.41, 5.74) is 2.16. The lowest BCUT2D eigenvalue weighted by Crippen LogP contribution is -1.98. The fraction of sp³-hybridized carbons (Fsp3) is 0.105. The zero-order valence-electron chi connectivity index (χ0n) is 13.8. The van der Waals surface area contributed by atoms with Crippen LogP contribution in [-0.2, 0) is 7.05 Å². The Balaban J connectivity index is 1.75. The second-order valence-corrected chi connectivity index (χ2v) is 6.53. The highest BCUT2D eigenvalue weighted by Gasteiger charge is 2.19. The molecule has 0 saturated heterocycles. The van der Waals surface area contributed by atoms with E-state index in [1.807, 2.05) is 54.1 Å². The summed E-state index contributed by atoms with van der Waals surface area (Å²) in [5, 5.41) is 18.1. The summed E-state index contributed by atoms with van der Waals surface area (Å²) in [6.45, 7) is 0.190. The first kappa shape index (κ1) is 16.4. The fourth-order valence-corrected chi connectivity index (χ4v) is 3.36. The Morgan fingerprint density at radius 2 is 2.04 bits per heavy atom. The second-order valence-electron chi connectivity index (χ2n) is 5.68. The van der Waals surface area contributed by atoms with Crippen molar-refractivity contribution in [2.75, 3.05) is 6.79 Å². The molecule has 4 rings (SSSR count). The van der Waals surface area contributed by atoms with Gasteiger partial charge in [-0.05, 0) is 39.7 Å².